The number of rotatable bonds is 4. The minimum Gasteiger partial charge on any atom is -0.459 e. The van der Waals surface area contributed by atoms with Gasteiger partial charge in [0.25, 0.3) is 11.8 Å². The van der Waals surface area contributed by atoms with Crippen LogP contribution in [-0.4, -0.2) is 77.5 Å². The molecular weight excluding hydrogens is 456 g/mol. The lowest BCUT2D eigenvalue weighted by Gasteiger charge is -2.33. The van der Waals surface area contributed by atoms with Crippen molar-refractivity contribution in [1.82, 2.24) is 19.6 Å². The smallest absolute Gasteiger partial charge is 0.289 e. The van der Waals surface area contributed by atoms with Gasteiger partial charge in [0.15, 0.2) is 21.3 Å². The molecule has 0 spiro atoms. The number of benzene rings is 1. The van der Waals surface area contributed by atoms with Gasteiger partial charge in [-0.3, -0.25) is 14.3 Å². The summed E-state index contributed by atoms with van der Waals surface area (Å²) in [7, 11) is -3.12. The van der Waals surface area contributed by atoms with Crippen LogP contribution in [0.4, 0.5) is 0 Å². The first-order valence-electron chi connectivity index (χ1n) is 11.3. The third-order valence-electron chi connectivity index (χ3n) is 6.44. The summed E-state index contributed by atoms with van der Waals surface area (Å²) in [5.74, 6) is 0.0189. The fourth-order valence-corrected chi connectivity index (χ4v) is 6.21. The molecule has 1 unspecified atom stereocenters. The minimum absolute atomic E-state index is 0.0226. The zero-order valence-electron chi connectivity index (χ0n) is 18.9. The molecule has 10 heteroatoms. The van der Waals surface area contributed by atoms with Gasteiger partial charge in [-0.15, -0.1) is 0 Å². The van der Waals surface area contributed by atoms with Gasteiger partial charge in [-0.05, 0) is 37.1 Å². The van der Waals surface area contributed by atoms with Crippen LogP contribution in [0.2, 0.25) is 0 Å². The van der Waals surface area contributed by atoms with Crippen molar-refractivity contribution in [2.24, 2.45) is 0 Å². The molecule has 2 amide bonds. The molecule has 178 valence electrons. The molecule has 1 atom stereocenters. The normalized spacial score (nSPS) is 20.0. The summed E-state index contributed by atoms with van der Waals surface area (Å²) in [4.78, 5) is 29.2. The van der Waals surface area contributed by atoms with E-state index in [0.717, 1.165) is 16.8 Å². The highest BCUT2D eigenvalue weighted by molar-refractivity contribution is 7.91. The summed E-state index contributed by atoms with van der Waals surface area (Å²) in [5.41, 5.74) is 3.01. The van der Waals surface area contributed by atoms with Crippen molar-refractivity contribution < 1.29 is 22.4 Å². The van der Waals surface area contributed by atoms with Gasteiger partial charge in [-0.1, -0.05) is 29.8 Å². The quantitative estimate of drug-likeness (QED) is 0.565. The van der Waals surface area contributed by atoms with Gasteiger partial charge < -0.3 is 14.2 Å². The van der Waals surface area contributed by atoms with E-state index in [1.54, 1.807) is 32.7 Å². The summed E-state index contributed by atoms with van der Waals surface area (Å²) < 4.78 is 31.1. The third-order valence-corrected chi connectivity index (χ3v) is 8.19. The molecule has 9 nitrogen and oxygen atoms in total. The number of sulfone groups is 1. The Kier molecular flexibility index (Phi) is 5.76. The summed E-state index contributed by atoms with van der Waals surface area (Å²) in [5, 5.41) is 4.59. The highest BCUT2D eigenvalue weighted by Gasteiger charge is 2.33. The van der Waals surface area contributed by atoms with E-state index in [1.165, 1.54) is 6.26 Å². The Labute approximate surface area is 197 Å². The zero-order valence-corrected chi connectivity index (χ0v) is 19.7. The van der Waals surface area contributed by atoms with Crippen molar-refractivity contribution in [2.45, 2.75) is 19.4 Å². The molecule has 0 radical (unpaired) electrons. The van der Waals surface area contributed by atoms with Crippen molar-refractivity contribution in [3.8, 4) is 11.3 Å². The SMILES string of the molecule is Cc1ccc(-c2cc(C(=O)N3CCN(C(=O)c4ccco4)CC3)nn2C2CCS(=O)(=O)C2)cc1. The summed E-state index contributed by atoms with van der Waals surface area (Å²) >= 11 is 0. The Hall–Kier alpha value is -3.40. The molecule has 0 bridgehead atoms. The predicted molar refractivity (Wildman–Crippen MR) is 125 cm³/mol. The lowest BCUT2D eigenvalue weighted by molar-refractivity contribution is 0.0514. The first-order chi connectivity index (χ1) is 16.3. The van der Waals surface area contributed by atoms with Crippen LogP contribution in [0.5, 0.6) is 0 Å². The van der Waals surface area contributed by atoms with Crippen LogP contribution in [0, 0.1) is 6.92 Å². The number of carbonyl (C=O) groups excluding carboxylic acids is 2. The van der Waals surface area contributed by atoms with Gasteiger partial charge in [-0.25, -0.2) is 8.42 Å². The maximum atomic E-state index is 13.3. The molecule has 0 saturated carbocycles. The van der Waals surface area contributed by atoms with E-state index in [2.05, 4.69) is 5.10 Å². The fraction of sp³-hybridized carbons (Fsp3) is 0.375. The standard InChI is InChI=1S/C24H26N4O5S/c1-17-4-6-18(7-5-17)21-15-20(25-28(21)19-8-14-34(31,32)16-19)23(29)26-9-11-27(12-10-26)24(30)22-3-2-13-33-22/h2-7,13,15,19H,8-12,14,16H2,1H3. The number of aryl methyl sites for hydroxylation is 1. The number of piperazine rings is 1. The zero-order chi connectivity index (χ0) is 23.9. The molecule has 0 N–H and O–H groups in total. The number of hydrogen-bond acceptors (Lipinski definition) is 6. The first kappa shape index (κ1) is 22.4. The molecule has 2 aliphatic rings. The maximum absolute atomic E-state index is 13.3. The Morgan fingerprint density at radius 3 is 2.26 bits per heavy atom. The van der Waals surface area contributed by atoms with E-state index >= 15 is 0 Å². The van der Waals surface area contributed by atoms with E-state index in [4.69, 9.17) is 4.42 Å². The molecule has 5 rings (SSSR count). The number of furan rings is 1. The highest BCUT2D eigenvalue weighted by atomic mass is 32.2. The molecule has 2 aromatic heterocycles. The Balaban J connectivity index is 1.37. The third kappa shape index (κ3) is 4.37. The largest absolute Gasteiger partial charge is 0.459 e. The molecule has 3 aromatic rings. The number of aromatic nitrogens is 2. The van der Waals surface area contributed by atoms with E-state index < -0.39 is 9.84 Å². The molecular formula is C24H26N4O5S. The minimum atomic E-state index is -3.12. The number of carbonyl (C=O) groups is 2. The van der Waals surface area contributed by atoms with Crippen LogP contribution >= 0.6 is 0 Å². The molecule has 2 aliphatic heterocycles. The van der Waals surface area contributed by atoms with Gasteiger partial charge >= 0.3 is 0 Å². The summed E-state index contributed by atoms with van der Waals surface area (Å²) in [6.45, 7) is 3.57. The maximum Gasteiger partial charge on any atom is 0.289 e. The van der Waals surface area contributed by atoms with Crippen LogP contribution in [0.25, 0.3) is 11.3 Å². The van der Waals surface area contributed by atoms with Crippen molar-refractivity contribution in [3.63, 3.8) is 0 Å². The van der Waals surface area contributed by atoms with Crippen molar-refractivity contribution in [1.29, 1.82) is 0 Å². The van der Waals surface area contributed by atoms with E-state index in [-0.39, 0.29) is 40.8 Å². The summed E-state index contributed by atoms with van der Waals surface area (Å²) in [6, 6.07) is 12.6. The fourth-order valence-electron chi connectivity index (χ4n) is 4.52. The second-order valence-corrected chi connectivity index (χ2v) is 11.1. The highest BCUT2D eigenvalue weighted by Crippen LogP contribution is 2.30. The predicted octanol–water partition coefficient (Wildman–Crippen LogP) is 2.41. The number of hydrogen-bond donors (Lipinski definition) is 0. The second-order valence-electron chi connectivity index (χ2n) is 8.84. The van der Waals surface area contributed by atoms with Crippen molar-refractivity contribution >= 4 is 21.7 Å². The summed E-state index contributed by atoms with van der Waals surface area (Å²) in [6.07, 6.45) is 1.94. The Bertz CT molecular complexity index is 1300. The first-order valence-corrected chi connectivity index (χ1v) is 13.1. The van der Waals surface area contributed by atoms with Crippen LogP contribution in [0.3, 0.4) is 0 Å². The van der Waals surface area contributed by atoms with Crippen LogP contribution < -0.4 is 0 Å². The second kappa shape index (κ2) is 8.75. The topological polar surface area (TPSA) is 106 Å². The van der Waals surface area contributed by atoms with E-state index in [0.29, 0.717) is 32.6 Å². The van der Waals surface area contributed by atoms with Gasteiger partial charge in [0.05, 0.1) is 29.5 Å². The van der Waals surface area contributed by atoms with E-state index in [1.807, 2.05) is 31.2 Å². The van der Waals surface area contributed by atoms with Crippen LogP contribution in [-0.2, 0) is 9.84 Å². The lowest BCUT2D eigenvalue weighted by Crippen LogP contribution is -2.50. The molecule has 2 saturated heterocycles. The molecule has 1 aromatic carbocycles. The molecule has 2 fully saturated rings. The van der Waals surface area contributed by atoms with Gasteiger partial charge in [0.1, 0.15) is 0 Å². The average molecular weight is 483 g/mol. The monoisotopic (exact) mass is 482 g/mol. The Morgan fingerprint density at radius 2 is 1.68 bits per heavy atom. The van der Waals surface area contributed by atoms with Crippen molar-refractivity contribution in [3.05, 3.63) is 65.7 Å². The Morgan fingerprint density at radius 1 is 1.00 bits per heavy atom. The molecule has 4 heterocycles. The average Bonchev–Trinajstić information content (AvgIpc) is 3.58. The van der Waals surface area contributed by atoms with Crippen LogP contribution in [0.15, 0.2) is 53.1 Å². The lowest BCUT2D eigenvalue weighted by atomic mass is 10.1. The molecule has 0 aliphatic carbocycles. The van der Waals surface area contributed by atoms with Gasteiger partial charge in [0.2, 0.25) is 0 Å². The van der Waals surface area contributed by atoms with Crippen LogP contribution in [0.1, 0.15) is 39.1 Å². The molecule has 34 heavy (non-hydrogen) atoms. The van der Waals surface area contributed by atoms with Gasteiger partial charge in [0, 0.05) is 26.2 Å². The van der Waals surface area contributed by atoms with E-state index in [9.17, 15) is 18.0 Å². The van der Waals surface area contributed by atoms with Gasteiger partial charge in [-0.2, -0.15) is 5.10 Å². The number of nitrogens with zero attached hydrogens (tertiary/aromatic N) is 4. The van der Waals surface area contributed by atoms with Crippen molar-refractivity contribution in [2.75, 3.05) is 37.7 Å². The number of amides is 2.